The number of aliphatic hydroxyl groups is 5. The quantitative estimate of drug-likeness (QED) is 0.124. The van der Waals surface area contributed by atoms with Gasteiger partial charge in [-0.25, -0.2) is 0 Å². The molecule has 0 unspecified atom stereocenters. The Morgan fingerprint density at radius 3 is 2.05 bits per heavy atom. The summed E-state index contributed by atoms with van der Waals surface area (Å²) in [5.41, 5.74) is 0. The van der Waals surface area contributed by atoms with Crippen molar-refractivity contribution in [1.29, 1.82) is 0 Å². The molecule has 0 aliphatic carbocycles. The summed E-state index contributed by atoms with van der Waals surface area (Å²) in [7, 11) is 0. The van der Waals surface area contributed by atoms with Crippen molar-refractivity contribution in [3.63, 3.8) is 0 Å². The van der Waals surface area contributed by atoms with Crippen molar-refractivity contribution in [3.05, 3.63) is 0 Å². The van der Waals surface area contributed by atoms with Crippen molar-refractivity contribution in [2.75, 3.05) is 13.2 Å². The molecule has 0 bridgehead atoms. The van der Waals surface area contributed by atoms with E-state index >= 15 is 0 Å². The van der Waals surface area contributed by atoms with E-state index in [1.165, 1.54) is 0 Å². The van der Waals surface area contributed by atoms with E-state index in [4.69, 9.17) is 25.5 Å². The van der Waals surface area contributed by atoms with Gasteiger partial charge in [0.05, 0.1) is 13.2 Å². The third-order valence-electron chi connectivity index (χ3n) is 1.69. The largest absolute Gasteiger partial charge is 1.00 e. The van der Waals surface area contributed by atoms with Crippen molar-refractivity contribution in [2.45, 2.75) is 31.3 Å². The van der Waals surface area contributed by atoms with Gasteiger partial charge in [-0.3, -0.25) is 0 Å². The molecule has 0 fully saturated rings. The summed E-state index contributed by atoms with van der Waals surface area (Å²) in [6.07, 6.45) is -6.84. The first-order chi connectivity index (χ1) is 8.31. The second-order valence-electron chi connectivity index (χ2n) is 3.06. The Hall–Kier alpha value is 0.710. The molecule has 0 saturated carbocycles. The number of hydrogen-bond donors (Lipinski definition) is 6. The van der Waals surface area contributed by atoms with Crippen LogP contribution in [0.3, 0.4) is 0 Å². The Morgan fingerprint density at radius 2 is 1.84 bits per heavy atom. The predicted molar refractivity (Wildman–Crippen MR) is 71.5 cm³/mol. The number of hydrogen-bond acceptors (Lipinski definition) is 8. The molecule has 0 rings (SSSR count). The van der Waals surface area contributed by atoms with Crippen LogP contribution >= 0.6 is 24.8 Å². The Morgan fingerprint density at radius 1 is 1.37 bits per heavy atom. The van der Waals surface area contributed by atoms with E-state index in [-0.39, 0.29) is 37.3 Å². The van der Waals surface area contributed by atoms with Gasteiger partial charge >= 0.3 is 29.6 Å². The Kier molecular flexibility index (Phi) is 19.6. The van der Waals surface area contributed by atoms with Crippen LogP contribution in [0.2, 0.25) is 0 Å². The van der Waals surface area contributed by atoms with E-state index in [0.717, 1.165) is 0 Å². The fourth-order valence-corrected chi connectivity index (χ4v) is 0.989. The molecule has 0 aliphatic rings. The molecule has 0 aromatic carbocycles. The summed E-state index contributed by atoms with van der Waals surface area (Å²) in [5.74, 6) is 0. The second kappa shape index (κ2) is 15.1. The third kappa shape index (κ3) is 13.4. The number of rotatable bonds is 6. The summed E-state index contributed by atoms with van der Waals surface area (Å²) in [6, 6.07) is 0. The number of carbonyl (C=O) groups excluding carboxylic acids is 1. The Bertz CT molecular complexity index is 250. The SMILES string of the molecule is CCOC(=S)S.O=C[C@H](O)[C@@H](O)[C@H](O)[C@H](O)CO.[H-].[Na+]. The molecular weight excluding hydrogens is 307 g/mol. The van der Waals surface area contributed by atoms with Crippen LogP contribution in [0.4, 0.5) is 0 Å². The summed E-state index contributed by atoms with van der Waals surface area (Å²) in [5, 5.41) is 43.5. The molecule has 0 saturated heterocycles. The summed E-state index contributed by atoms with van der Waals surface area (Å²) >= 11 is 8.12. The fourth-order valence-electron chi connectivity index (χ4n) is 0.742. The van der Waals surface area contributed by atoms with Crippen LogP contribution < -0.4 is 29.6 Å². The van der Waals surface area contributed by atoms with Gasteiger partial charge in [-0.05, 0) is 19.1 Å². The van der Waals surface area contributed by atoms with Gasteiger partial charge in [-0.1, -0.05) is 12.6 Å². The smallest absolute Gasteiger partial charge is 1.00 e. The summed E-state index contributed by atoms with van der Waals surface area (Å²) in [4.78, 5) is 9.90. The van der Waals surface area contributed by atoms with Crippen molar-refractivity contribution < 1.29 is 66.0 Å². The Balaban J connectivity index is -0.000000139. The summed E-state index contributed by atoms with van der Waals surface area (Å²) < 4.78 is 4.95. The molecule has 5 N–H and O–H groups in total. The second-order valence-corrected chi connectivity index (χ2v) is 4.14. The van der Waals surface area contributed by atoms with E-state index in [0.29, 0.717) is 11.0 Å². The number of carbonyl (C=O) groups is 1. The average Bonchev–Trinajstić information content (AvgIpc) is 2.35. The van der Waals surface area contributed by atoms with Crippen molar-refractivity contribution in [2.24, 2.45) is 0 Å². The Labute approximate surface area is 145 Å². The number of ether oxygens (including phenoxy) is 1. The van der Waals surface area contributed by atoms with E-state index in [2.05, 4.69) is 29.6 Å². The van der Waals surface area contributed by atoms with Crippen molar-refractivity contribution in [3.8, 4) is 0 Å². The molecule has 0 aromatic rings. The molecule has 0 spiro atoms. The maximum absolute atomic E-state index is 9.90. The van der Waals surface area contributed by atoms with Gasteiger partial charge in [0, 0.05) is 0 Å². The zero-order valence-electron chi connectivity index (χ0n) is 11.7. The number of thiocarbonyl (C=S) groups is 1. The number of aliphatic hydroxyl groups excluding tert-OH is 5. The van der Waals surface area contributed by atoms with E-state index in [1.807, 2.05) is 6.92 Å². The molecule has 19 heavy (non-hydrogen) atoms. The fraction of sp³-hybridized carbons (Fsp3) is 0.778. The average molecular weight is 326 g/mol. The molecule has 0 radical (unpaired) electrons. The van der Waals surface area contributed by atoms with Gasteiger partial charge in [0.2, 0.25) is 4.38 Å². The molecular formula is C9H19NaO7S2. The standard InChI is InChI=1S/C6H12O6.C3H6OS2.Na.H/c7-1-3(9)5(11)6(12)4(10)2-8;1-2-4-3(5)6;;/h1,3-6,8-12H,2H2;2H2,1H3,(H,5,6);;/q;;+1;-1/t3-,4+,5+,6+;;;/m0.../s1. The van der Waals surface area contributed by atoms with Crippen LogP contribution in [0.25, 0.3) is 0 Å². The monoisotopic (exact) mass is 326 g/mol. The van der Waals surface area contributed by atoms with Gasteiger partial charge in [0.1, 0.15) is 24.4 Å². The minimum absolute atomic E-state index is 0. The number of thiol groups is 1. The zero-order valence-corrected chi connectivity index (χ0v) is 14.4. The maximum Gasteiger partial charge on any atom is 1.00 e. The van der Waals surface area contributed by atoms with Gasteiger partial charge in [-0.15, -0.1) is 0 Å². The van der Waals surface area contributed by atoms with Gasteiger partial charge < -0.3 is 36.5 Å². The normalized spacial score (nSPS) is 15.7. The van der Waals surface area contributed by atoms with Crippen LogP contribution in [0.15, 0.2) is 0 Å². The first-order valence-electron chi connectivity index (χ1n) is 4.95. The maximum atomic E-state index is 9.90. The van der Waals surface area contributed by atoms with Crippen molar-refractivity contribution in [1.82, 2.24) is 0 Å². The van der Waals surface area contributed by atoms with Crippen LogP contribution in [0.1, 0.15) is 8.35 Å². The zero-order chi connectivity index (χ0) is 14.7. The molecule has 0 aromatic heterocycles. The van der Waals surface area contributed by atoms with E-state index < -0.39 is 31.0 Å². The number of aldehydes is 1. The van der Waals surface area contributed by atoms with E-state index in [9.17, 15) is 4.79 Å². The van der Waals surface area contributed by atoms with Gasteiger partial charge in [-0.2, -0.15) is 0 Å². The molecule has 0 aliphatic heterocycles. The molecule has 110 valence electrons. The van der Waals surface area contributed by atoms with E-state index in [1.54, 1.807) is 0 Å². The van der Waals surface area contributed by atoms with Gasteiger partial charge in [0.25, 0.3) is 0 Å². The van der Waals surface area contributed by atoms with Crippen LogP contribution in [-0.2, 0) is 9.53 Å². The molecule has 0 heterocycles. The van der Waals surface area contributed by atoms with Crippen LogP contribution in [0.5, 0.6) is 0 Å². The molecule has 10 heteroatoms. The molecule has 0 amide bonds. The predicted octanol–water partition coefficient (Wildman–Crippen LogP) is -5.02. The third-order valence-corrected chi connectivity index (χ3v) is 1.94. The van der Waals surface area contributed by atoms with Gasteiger partial charge in [0.15, 0.2) is 6.29 Å². The minimum Gasteiger partial charge on any atom is -1.00 e. The molecule has 7 nitrogen and oxygen atoms in total. The minimum atomic E-state index is -1.79. The van der Waals surface area contributed by atoms with Crippen LogP contribution in [-0.4, -0.2) is 73.8 Å². The van der Waals surface area contributed by atoms with Crippen molar-refractivity contribution >= 4 is 35.5 Å². The summed E-state index contributed by atoms with van der Waals surface area (Å²) in [6.45, 7) is 1.72. The van der Waals surface area contributed by atoms with Crippen LogP contribution in [0, 0.1) is 0 Å². The first kappa shape index (κ1) is 24.7. The molecule has 4 atom stereocenters. The first-order valence-corrected chi connectivity index (χ1v) is 5.81. The topological polar surface area (TPSA) is 127 Å².